The number of aromatic nitrogens is 1. The van der Waals surface area contributed by atoms with Crippen molar-refractivity contribution >= 4 is 5.69 Å². The lowest BCUT2D eigenvalue weighted by atomic mass is 10.2. The third kappa shape index (κ3) is 4.88. The van der Waals surface area contributed by atoms with Gasteiger partial charge in [0.2, 0.25) is 0 Å². The second-order valence-electron chi connectivity index (χ2n) is 6.93. The van der Waals surface area contributed by atoms with E-state index in [1.807, 2.05) is 0 Å². The molecule has 3 rings (SSSR count). The summed E-state index contributed by atoms with van der Waals surface area (Å²) >= 11 is 0. The van der Waals surface area contributed by atoms with Gasteiger partial charge in [0.05, 0.1) is 12.3 Å². The van der Waals surface area contributed by atoms with Gasteiger partial charge in [-0.15, -0.1) is 0 Å². The number of nitrogens with zero attached hydrogens (tertiary/aromatic N) is 2. The van der Waals surface area contributed by atoms with Crippen LogP contribution < -0.4 is 15.2 Å². The quantitative estimate of drug-likeness (QED) is 0.574. The van der Waals surface area contributed by atoms with Crippen molar-refractivity contribution in [2.75, 3.05) is 25.1 Å². The van der Waals surface area contributed by atoms with Gasteiger partial charge in [0.1, 0.15) is 35.5 Å². The molecule has 3 aromatic rings. The highest BCUT2D eigenvalue weighted by Crippen LogP contribution is 2.29. The molecule has 1 aromatic heterocycles. The highest BCUT2D eigenvalue weighted by molar-refractivity contribution is 5.64. The molecule has 0 atom stereocenters. The molecular weight excluding hydrogens is 416 g/mol. The summed E-state index contributed by atoms with van der Waals surface area (Å²) in [7, 11) is 1.53. The number of rotatable bonds is 7. The van der Waals surface area contributed by atoms with Crippen molar-refractivity contribution in [2.45, 2.75) is 13.5 Å². The molecule has 9 heteroatoms. The predicted octanol–water partition coefficient (Wildman–Crippen LogP) is 3.71. The maximum absolute atomic E-state index is 14.7. The van der Waals surface area contributed by atoms with Gasteiger partial charge in [0, 0.05) is 49.1 Å². The van der Waals surface area contributed by atoms with E-state index >= 15 is 0 Å². The molecule has 0 spiro atoms. The Morgan fingerprint density at radius 3 is 2.35 bits per heavy atom. The smallest absolute Gasteiger partial charge is 0.259 e. The van der Waals surface area contributed by atoms with E-state index in [0.29, 0.717) is 6.07 Å². The number of aryl methyl sites for hydroxylation is 1. The molecule has 1 N–H and O–H groups in total. The number of ether oxygens (including phenoxy) is 1. The van der Waals surface area contributed by atoms with Crippen LogP contribution in [0.15, 0.2) is 47.3 Å². The number of anilines is 1. The molecule has 0 aliphatic carbocycles. The molecule has 0 saturated carbocycles. The largest absolute Gasteiger partial charge is 0.489 e. The summed E-state index contributed by atoms with van der Waals surface area (Å²) in [5.74, 6) is -3.17. The average molecular weight is 436 g/mol. The van der Waals surface area contributed by atoms with Crippen LogP contribution in [0.5, 0.6) is 5.75 Å². The first-order chi connectivity index (χ1) is 14.7. The van der Waals surface area contributed by atoms with E-state index < -0.39 is 28.8 Å². The Balaban J connectivity index is 1.99. The van der Waals surface area contributed by atoms with Gasteiger partial charge in [-0.2, -0.15) is 0 Å². The van der Waals surface area contributed by atoms with Crippen LogP contribution in [0.25, 0.3) is 5.69 Å². The van der Waals surface area contributed by atoms with E-state index in [1.165, 1.54) is 31.0 Å². The molecule has 1 heterocycles. The first kappa shape index (κ1) is 22.4. The van der Waals surface area contributed by atoms with Gasteiger partial charge < -0.3 is 14.7 Å². The first-order valence-corrected chi connectivity index (χ1v) is 9.33. The molecule has 0 aliphatic heterocycles. The van der Waals surface area contributed by atoms with Gasteiger partial charge in [-0.25, -0.2) is 17.6 Å². The molecule has 0 unspecified atom stereocenters. The molecule has 5 nitrogen and oxygen atoms in total. The minimum atomic E-state index is -0.952. The van der Waals surface area contributed by atoms with E-state index in [4.69, 9.17) is 9.84 Å². The first-order valence-electron chi connectivity index (χ1n) is 9.33. The topological polar surface area (TPSA) is 54.7 Å². The van der Waals surface area contributed by atoms with Crippen molar-refractivity contribution in [3.63, 3.8) is 0 Å². The fraction of sp³-hybridized carbons (Fsp3) is 0.227. The molecule has 31 heavy (non-hydrogen) atoms. The maximum atomic E-state index is 14.7. The van der Waals surface area contributed by atoms with Crippen molar-refractivity contribution < 1.29 is 27.4 Å². The molecule has 2 aromatic carbocycles. The Morgan fingerprint density at radius 1 is 1.00 bits per heavy atom. The number of halogens is 4. The van der Waals surface area contributed by atoms with E-state index in [0.717, 1.165) is 28.8 Å². The molecular formula is C22H20F4N2O3. The number of aliphatic hydroxyl groups is 1. The number of hydrogen-bond donors (Lipinski definition) is 1. The second-order valence-corrected chi connectivity index (χ2v) is 6.93. The zero-order valence-corrected chi connectivity index (χ0v) is 16.8. The van der Waals surface area contributed by atoms with Gasteiger partial charge in [0.15, 0.2) is 5.82 Å². The maximum Gasteiger partial charge on any atom is 0.259 e. The Hall–Kier alpha value is -3.33. The molecule has 164 valence electrons. The summed E-state index contributed by atoms with van der Waals surface area (Å²) in [6.45, 7) is 1.12. The number of likely N-dealkylation sites (N-methyl/N-ethyl adjacent to an activating group) is 1. The van der Waals surface area contributed by atoms with Gasteiger partial charge in [-0.05, 0) is 25.1 Å². The van der Waals surface area contributed by atoms with Crippen molar-refractivity contribution in [1.82, 2.24) is 4.57 Å². The van der Waals surface area contributed by atoms with Crippen LogP contribution in [-0.4, -0.2) is 29.9 Å². The van der Waals surface area contributed by atoms with Crippen LogP contribution in [0.2, 0.25) is 0 Å². The van der Waals surface area contributed by atoms with Crippen LogP contribution in [-0.2, 0) is 6.61 Å². The zero-order valence-electron chi connectivity index (χ0n) is 16.8. The molecule has 0 amide bonds. The second kappa shape index (κ2) is 9.22. The van der Waals surface area contributed by atoms with Crippen molar-refractivity contribution in [2.24, 2.45) is 0 Å². The third-order valence-corrected chi connectivity index (χ3v) is 4.68. The number of hydrogen-bond acceptors (Lipinski definition) is 4. The Kier molecular flexibility index (Phi) is 6.65. The summed E-state index contributed by atoms with van der Waals surface area (Å²) in [6, 6.07) is 7.32. The minimum Gasteiger partial charge on any atom is -0.489 e. The summed E-state index contributed by atoms with van der Waals surface area (Å²) in [4.78, 5) is 14.2. The van der Waals surface area contributed by atoms with Gasteiger partial charge in [-0.3, -0.25) is 9.36 Å². The van der Waals surface area contributed by atoms with E-state index in [9.17, 15) is 22.4 Å². The normalized spacial score (nSPS) is 10.9. The van der Waals surface area contributed by atoms with Crippen LogP contribution in [0.4, 0.5) is 23.2 Å². The van der Waals surface area contributed by atoms with Crippen molar-refractivity contribution in [1.29, 1.82) is 0 Å². The third-order valence-electron chi connectivity index (χ3n) is 4.68. The molecule has 0 saturated heterocycles. The van der Waals surface area contributed by atoms with E-state index in [1.54, 1.807) is 0 Å². The van der Waals surface area contributed by atoms with Gasteiger partial charge >= 0.3 is 0 Å². The summed E-state index contributed by atoms with van der Waals surface area (Å²) in [5, 5.41) is 9.17. The monoisotopic (exact) mass is 436 g/mol. The minimum absolute atomic E-state index is 0.0822. The molecule has 0 fully saturated rings. The van der Waals surface area contributed by atoms with Crippen LogP contribution >= 0.6 is 0 Å². The number of pyridine rings is 1. The van der Waals surface area contributed by atoms with Gasteiger partial charge in [-0.1, -0.05) is 0 Å². The summed E-state index contributed by atoms with van der Waals surface area (Å²) in [5.41, 5.74) is -0.361. The highest BCUT2D eigenvalue weighted by atomic mass is 19.1. The van der Waals surface area contributed by atoms with Gasteiger partial charge in [0.25, 0.3) is 5.56 Å². The molecule has 0 radical (unpaired) electrons. The fourth-order valence-corrected chi connectivity index (χ4v) is 3.18. The Bertz CT molecular complexity index is 1160. The lowest BCUT2D eigenvalue weighted by molar-refractivity contribution is 0.298. The fourth-order valence-electron chi connectivity index (χ4n) is 3.18. The zero-order chi connectivity index (χ0) is 22.7. The Morgan fingerprint density at radius 2 is 1.71 bits per heavy atom. The molecule has 0 bridgehead atoms. The number of benzene rings is 2. The van der Waals surface area contributed by atoms with E-state index in [2.05, 4.69) is 0 Å². The van der Waals surface area contributed by atoms with Crippen LogP contribution in [0, 0.1) is 30.2 Å². The Labute approximate surface area is 175 Å². The summed E-state index contributed by atoms with van der Waals surface area (Å²) < 4.78 is 61.8. The lowest BCUT2D eigenvalue weighted by Gasteiger charge is -2.24. The van der Waals surface area contributed by atoms with Crippen molar-refractivity contribution in [3.8, 4) is 11.4 Å². The van der Waals surface area contributed by atoms with Crippen LogP contribution in [0.1, 0.15) is 11.3 Å². The standard InChI is InChI=1S/C22H20F4N2O3/c1-13-7-17(31-12-14-3-4-15(23)8-18(14)25)11-21(30)28(13)22-19(26)9-16(24)10-20(22)27(2)5-6-29/h3-4,7-11,29H,5-6,12H2,1-2H3. The number of aliphatic hydroxyl groups excluding tert-OH is 1. The van der Waals surface area contributed by atoms with E-state index in [-0.39, 0.29) is 48.1 Å². The SMILES string of the molecule is Cc1cc(OCc2ccc(F)cc2F)cc(=O)n1-c1c(F)cc(F)cc1N(C)CCO. The van der Waals surface area contributed by atoms with Crippen LogP contribution in [0.3, 0.4) is 0 Å². The lowest BCUT2D eigenvalue weighted by Crippen LogP contribution is -2.27. The molecule has 0 aliphatic rings. The predicted molar refractivity (Wildman–Crippen MR) is 108 cm³/mol. The summed E-state index contributed by atoms with van der Waals surface area (Å²) in [6.07, 6.45) is 0. The highest BCUT2D eigenvalue weighted by Gasteiger charge is 2.19. The van der Waals surface area contributed by atoms with Crippen molar-refractivity contribution in [3.05, 3.63) is 87.3 Å². The average Bonchev–Trinajstić information content (AvgIpc) is 2.68.